The second-order valence-corrected chi connectivity index (χ2v) is 8.88. The molecule has 150 valence electrons. The number of aryl methyl sites for hydroxylation is 2. The fourth-order valence-corrected chi connectivity index (χ4v) is 4.96. The summed E-state index contributed by atoms with van der Waals surface area (Å²) in [7, 11) is -2.43. The lowest BCUT2D eigenvalue weighted by Gasteiger charge is -2.18. The summed E-state index contributed by atoms with van der Waals surface area (Å²) in [5.41, 5.74) is 2.87. The highest BCUT2D eigenvalue weighted by molar-refractivity contribution is 7.53. The van der Waals surface area contributed by atoms with Gasteiger partial charge in [0, 0.05) is 0 Å². The summed E-state index contributed by atoms with van der Waals surface area (Å²) in [4.78, 5) is 17.9. The molecular formula is C14H24O10P2. The number of benzene rings is 1. The van der Waals surface area contributed by atoms with Crippen molar-refractivity contribution in [2.75, 3.05) is 28.4 Å². The van der Waals surface area contributed by atoms with E-state index in [1.54, 1.807) is 26.0 Å². The van der Waals surface area contributed by atoms with Crippen molar-refractivity contribution in [2.24, 2.45) is 0 Å². The molecule has 10 nitrogen and oxygen atoms in total. The Balaban J connectivity index is 3.11. The van der Waals surface area contributed by atoms with Gasteiger partial charge in [0.25, 0.3) is 0 Å². The van der Waals surface area contributed by atoms with Crippen molar-refractivity contribution in [3.8, 4) is 0 Å². The fraction of sp³-hybridized carbons (Fsp3) is 0.571. The Morgan fingerprint density at radius 1 is 0.654 bits per heavy atom. The molecule has 0 saturated heterocycles. The van der Waals surface area contributed by atoms with Crippen molar-refractivity contribution in [2.45, 2.75) is 26.2 Å². The number of hydrogen-bond acceptors (Lipinski definition) is 10. The van der Waals surface area contributed by atoms with E-state index in [-0.39, 0.29) is 12.3 Å². The van der Waals surface area contributed by atoms with E-state index in [2.05, 4.69) is 19.6 Å². The normalized spacial score (nSPS) is 12.5. The molecule has 0 N–H and O–H groups in total. The Morgan fingerprint density at radius 2 is 0.923 bits per heavy atom. The highest BCUT2D eigenvalue weighted by atomic mass is 31.2. The van der Waals surface area contributed by atoms with Crippen LogP contribution in [0, 0.1) is 13.8 Å². The number of hydrogen-bond donors (Lipinski definition) is 0. The monoisotopic (exact) mass is 414 g/mol. The molecule has 0 aliphatic heterocycles. The first kappa shape index (κ1) is 23.4. The highest BCUT2D eigenvalue weighted by Gasteiger charge is 2.31. The van der Waals surface area contributed by atoms with Gasteiger partial charge >= 0.3 is 15.2 Å². The van der Waals surface area contributed by atoms with E-state index in [1.807, 2.05) is 0 Å². The van der Waals surface area contributed by atoms with Crippen LogP contribution in [0.5, 0.6) is 0 Å². The third kappa shape index (κ3) is 6.83. The molecule has 0 amide bonds. The molecule has 0 aliphatic rings. The molecule has 0 aromatic heterocycles. The van der Waals surface area contributed by atoms with Crippen LogP contribution in [-0.4, -0.2) is 28.4 Å². The van der Waals surface area contributed by atoms with E-state index >= 15 is 0 Å². The van der Waals surface area contributed by atoms with Gasteiger partial charge in [-0.1, -0.05) is 12.1 Å². The van der Waals surface area contributed by atoms with Gasteiger partial charge in [-0.2, -0.15) is 0 Å². The van der Waals surface area contributed by atoms with Crippen LogP contribution in [0.1, 0.15) is 22.3 Å². The molecule has 1 aromatic carbocycles. The van der Waals surface area contributed by atoms with Gasteiger partial charge in [0.1, 0.15) is 0 Å². The van der Waals surface area contributed by atoms with Crippen molar-refractivity contribution in [1.29, 1.82) is 0 Å². The SMILES string of the molecule is COOP(=O)(Cc1cc(C)c(CP(=O)(OOC)OOC)cc1C)OOC. The van der Waals surface area contributed by atoms with E-state index in [0.29, 0.717) is 11.1 Å². The van der Waals surface area contributed by atoms with Crippen LogP contribution in [-0.2, 0) is 59.7 Å². The lowest BCUT2D eigenvalue weighted by Crippen LogP contribution is -2.03. The molecule has 26 heavy (non-hydrogen) atoms. The first-order chi connectivity index (χ1) is 12.2. The van der Waals surface area contributed by atoms with E-state index < -0.39 is 15.2 Å². The maximum atomic E-state index is 12.5. The third-order valence-corrected chi connectivity index (χ3v) is 6.24. The van der Waals surface area contributed by atoms with Crippen molar-refractivity contribution in [1.82, 2.24) is 0 Å². The van der Waals surface area contributed by atoms with Gasteiger partial charge < -0.3 is 0 Å². The predicted molar refractivity (Wildman–Crippen MR) is 90.9 cm³/mol. The van der Waals surface area contributed by atoms with Crippen molar-refractivity contribution >= 4 is 15.2 Å². The van der Waals surface area contributed by atoms with Gasteiger partial charge in [0.05, 0.1) is 40.8 Å². The Kier molecular flexibility index (Phi) is 9.57. The summed E-state index contributed by atoms with van der Waals surface area (Å²) in [6.45, 7) is 3.59. The first-order valence-corrected chi connectivity index (χ1v) is 10.8. The summed E-state index contributed by atoms with van der Waals surface area (Å²) in [5, 5.41) is 0. The maximum absolute atomic E-state index is 12.5. The highest BCUT2D eigenvalue weighted by Crippen LogP contribution is 2.54. The van der Waals surface area contributed by atoms with Crippen LogP contribution >= 0.6 is 15.2 Å². The third-order valence-electron chi connectivity index (χ3n) is 3.27. The summed E-state index contributed by atoms with van der Waals surface area (Å²) < 4.78 is 44.0. The second-order valence-electron chi connectivity index (χ2n) is 5.21. The predicted octanol–water partition coefficient (Wildman–Crippen LogP) is 4.00. The van der Waals surface area contributed by atoms with Gasteiger partial charge in [0.15, 0.2) is 0 Å². The molecule has 0 bridgehead atoms. The largest absolute Gasteiger partial charge is 0.388 e. The van der Waals surface area contributed by atoms with E-state index in [4.69, 9.17) is 18.7 Å². The standard InChI is InChI=1S/C14H24O10P2/c1-11-7-14(10-26(16,23-19-5)24-20-6)12(2)8-13(11)9-25(15,21-17-3)22-18-4/h7-8H,9-10H2,1-6H3. The molecule has 1 rings (SSSR count). The minimum absolute atomic E-state index is 0.0809. The zero-order valence-electron chi connectivity index (χ0n) is 15.5. The summed E-state index contributed by atoms with van der Waals surface area (Å²) in [6, 6.07) is 3.53. The molecule has 0 radical (unpaired) electrons. The van der Waals surface area contributed by atoms with E-state index in [0.717, 1.165) is 11.1 Å². The Morgan fingerprint density at radius 3 is 1.15 bits per heavy atom. The van der Waals surface area contributed by atoms with Crippen LogP contribution < -0.4 is 0 Å². The average Bonchev–Trinajstić information content (AvgIpc) is 2.53. The van der Waals surface area contributed by atoms with E-state index in [1.165, 1.54) is 28.4 Å². The topological polar surface area (TPSA) is 108 Å². The summed E-state index contributed by atoms with van der Waals surface area (Å²) >= 11 is 0. The second kappa shape index (κ2) is 10.6. The molecule has 0 aliphatic carbocycles. The smallest absolute Gasteiger partial charge is 0.255 e. The molecular weight excluding hydrogens is 390 g/mol. The van der Waals surface area contributed by atoms with Crippen LogP contribution in [0.3, 0.4) is 0 Å². The Labute approximate surface area is 152 Å². The molecule has 0 unspecified atom stereocenters. The summed E-state index contributed by atoms with van der Waals surface area (Å²) in [6.07, 6.45) is -0.162. The average molecular weight is 414 g/mol. The Bertz CT molecular complexity index is 600. The zero-order valence-corrected chi connectivity index (χ0v) is 17.3. The van der Waals surface area contributed by atoms with Gasteiger partial charge in [-0.05, 0) is 36.1 Å². The van der Waals surface area contributed by atoms with Crippen LogP contribution in [0.25, 0.3) is 0 Å². The lowest BCUT2D eigenvalue weighted by atomic mass is 10.0. The van der Waals surface area contributed by atoms with Crippen LogP contribution in [0.2, 0.25) is 0 Å². The molecule has 0 atom stereocenters. The van der Waals surface area contributed by atoms with Gasteiger partial charge in [-0.25, -0.2) is 19.6 Å². The first-order valence-electron chi connectivity index (χ1n) is 7.39. The fourth-order valence-electron chi connectivity index (χ4n) is 2.28. The lowest BCUT2D eigenvalue weighted by molar-refractivity contribution is -0.242. The number of rotatable bonds is 12. The van der Waals surface area contributed by atoms with Crippen molar-refractivity contribution < 1.29 is 47.4 Å². The molecule has 0 spiro atoms. The van der Waals surface area contributed by atoms with Gasteiger partial charge in [-0.3, -0.25) is 9.13 Å². The van der Waals surface area contributed by atoms with Crippen molar-refractivity contribution in [3.05, 3.63) is 34.4 Å². The quantitative estimate of drug-likeness (QED) is 0.283. The van der Waals surface area contributed by atoms with Crippen molar-refractivity contribution in [3.63, 3.8) is 0 Å². The molecule has 0 saturated carbocycles. The molecule has 0 fully saturated rings. The van der Waals surface area contributed by atoms with E-state index in [9.17, 15) is 9.13 Å². The van der Waals surface area contributed by atoms with Crippen LogP contribution in [0.15, 0.2) is 12.1 Å². The zero-order chi connectivity index (χ0) is 19.8. The minimum Gasteiger partial charge on any atom is -0.255 e. The molecule has 12 heteroatoms. The molecule has 0 heterocycles. The summed E-state index contributed by atoms with van der Waals surface area (Å²) in [5.74, 6) is 0. The minimum atomic E-state index is -3.65. The van der Waals surface area contributed by atoms with Crippen LogP contribution in [0.4, 0.5) is 0 Å². The van der Waals surface area contributed by atoms with Gasteiger partial charge in [-0.15, -0.1) is 18.7 Å². The van der Waals surface area contributed by atoms with Gasteiger partial charge in [0.2, 0.25) is 0 Å². The molecule has 1 aromatic rings. The Hall–Kier alpha value is -0.640. The maximum Gasteiger partial charge on any atom is 0.388 e.